The average Bonchev–Trinajstić information content (AvgIpc) is 3.53. The standard InChI is InChI=1S/C22H23N3O3S/c26-21(17-6-3-11-25(17)22(27)18-7-4-14-28-18)24-12-9-15(10-13-24)20-23-16-5-1-2-8-19(16)29-20/h1-2,4-5,7-8,14-15,17H,3,6,9-13H2/t17-/m0/s1. The number of benzene rings is 1. The highest BCUT2D eigenvalue weighted by atomic mass is 32.1. The smallest absolute Gasteiger partial charge is 0.290 e. The Morgan fingerprint density at radius 2 is 1.86 bits per heavy atom. The zero-order valence-corrected chi connectivity index (χ0v) is 16.9. The molecule has 2 aromatic heterocycles. The van der Waals surface area contributed by atoms with Crippen LogP contribution in [0.1, 0.15) is 47.2 Å². The van der Waals surface area contributed by atoms with E-state index in [0.717, 1.165) is 44.3 Å². The SMILES string of the molecule is O=C([C@@H]1CCCN1C(=O)c1ccco1)N1CCC(c2nc3ccccc3s2)CC1. The molecule has 2 fully saturated rings. The molecule has 0 saturated carbocycles. The summed E-state index contributed by atoms with van der Waals surface area (Å²) in [6.45, 7) is 2.05. The Kier molecular flexibility index (Phi) is 4.83. The molecule has 3 aromatic rings. The van der Waals surface area contributed by atoms with Crippen molar-refractivity contribution in [2.24, 2.45) is 0 Å². The van der Waals surface area contributed by atoms with Crippen molar-refractivity contribution in [2.45, 2.75) is 37.6 Å². The summed E-state index contributed by atoms with van der Waals surface area (Å²) >= 11 is 1.76. The zero-order chi connectivity index (χ0) is 19.8. The van der Waals surface area contributed by atoms with Gasteiger partial charge in [-0.05, 0) is 49.9 Å². The van der Waals surface area contributed by atoms with Gasteiger partial charge in [-0.25, -0.2) is 4.98 Å². The van der Waals surface area contributed by atoms with Crippen molar-refractivity contribution in [3.8, 4) is 0 Å². The maximum absolute atomic E-state index is 13.2. The number of likely N-dealkylation sites (tertiary alicyclic amines) is 2. The molecule has 0 aliphatic carbocycles. The Morgan fingerprint density at radius 1 is 1.03 bits per heavy atom. The van der Waals surface area contributed by atoms with Gasteiger partial charge in [0.1, 0.15) is 6.04 Å². The Balaban J connectivity index is 1.24. The lowest BCUT2D eigenvalue weighted by Crippen LogP contribution is -2.49. The molecule has 2 aliphatic rings. The van der Waals surface area contributed by atoms with Crippen molar-refractivity contribution in [3.63, 3.8) is 0 Å². The van der Waals surface area contributed by atoms with Crippen molar-refractivity contribution in [1.29, 1.82) is 0 Å². The minimum atomic E-state index is -0.369. The van der Waals surface area contributed by atoms with Crippen LogP contribution in [0.3, 0.4) is 0 Å². The van der Waals surface area contributed by atoms with Crippen LogP contribution in [0.5, 0.6) is 0 Å². The Morgan fingerprint density at radius 3 is 2.62 bits per heavy atom. The predicted octanol–water partition coefficient (Wildman–Crippen LogP) is 3.90. The second kappa shape index (κ2) is 7.63. The minimum Gasteiger partial charge on any atom is -0.459 e. The highest BCUT2D eigenvalue weighted by Gasteiger charge is 2.38. The highest BCUT2D eigenvalue weighted by Crippen LogP contribution is 2.34. The molecule has 0 unspecified atom stereocenters. The fourth-order valence-corrected chi connectivity index (χ4v) is 5.57. The molecule has 0 radical (unpaired) electrons. The molecule has 7 heteroatoms. The number of fused-ring (bicyclic) bond motifs is 1. The summed E-state index contributed by atoms with van der Waals surface area (Å²) in [5, 5.41) is 1.17. The van der Waals surface area contributed by atoms with Crippen LogP contribution in [0.15, 0.2) is 47.1 Å². The molecule has 0 bridgehead atoms. The summed E-state index contributed by atoms with van der Waals surface area (Å²) in [5.74, 6) is 0.598. The number of rotatable bonds is 3. The van der Waals surface area contributed by atoms with Crippen LogP contribution in [0.25, 0.3) is 10.2 Å². The van der Waals surface area contributed by atoms with Gasteiger partial charge in [0.05, 0.1) is 21.5 Å². The molecule has 1 aromatic carbocycles. The van der Waals surface area contributed by atoms with Gasteiger partial charge in [-0.2, -0.15) is 0 Å². The van der Waals surface area contributed by atoms with Crippen LogP contribution < -0.4 is 0 Å². The van der Waals surface area contributed by atoms with E-state index < -0.39 is 0 Å². The van der Waals surface area contributed by atoms with Gasteiger partial charge in [-0.3, -0.25) is 9.59 Å². The van der Waals surface area contributed by atoms with E-state index in [0.29, 0.717) is 18.2 Å². The lowest BCUT2D eigenvalue weighted by atomic mass is 9.97. The van der Waals surface area contributed by atoms with Gasteiger partial charge in [-0.15, -0.1) is 11.3 Å². The summed E-state index contributed by atoms with van der Waals surface area (Å²) in [7, 11) is 0. The van der Waals surface area contributed by atoms with Crippen LogP contribution in [0, 0.1) is 0 Å². The number of hydrogen-bond donors (Lipinski definition) is 0. The van der Waals surface area contributed by atoms with E-state index in [1.54, 1.807) is 28.4 Å². The van der Waals surface area contributed by atoms with Crippen molar-refractivity contribution in [1.82, 2.24) is 14.8 Å². The lowest BCUT2D eigenvalue weighted by molar-refractivity contribution is -0.136. The van der Waals surface area contributed by atoms with Gasteiger partial charge >= 0.3 is 0 Å². The lowest BCUT2D eigenvalue weighted by Gasteiger charge is -2.34. The van der Waals surface area contributed by atoms with E-state index in [-0.39, 0.29) is 17.9 Å². The first-order valence-corrected chi connectivity index (χ1v) is 11.0. The number of furan rings is 1. The molecule has 0 spiro atoms. The van der Waals surface area contributed by atoms with Gasteiger partial charge in [0.2, 0.25) is 5.91 Å². The van der Waals surface area contributed by atoms with Crippen LogP contribution in [-0.2, 0) is 4.79 Å². The predicted molar refractivity (Wildman–Crippen MR) is 111 cm³/mol. The van der Waals surface area contributed by atoms with Gasteiger partial charge < -0.3 is 14.2 Å². The summed E-state index contributed by atoms with van der Waals surface area (Å²) in [6.07, 6.45) is 4.91. The quantitative estimate of drug-likeness (QED) is 0.658. The molecular weight excluding hydrogens is 386 g/mol. The molecule has 6 nitrogen and oxygen atoms in total. The summed E-state index contributed by atoms with van der Waals surface area (Å²) in [6, 6.07) is 11.2. The third-order valence-electron chi connectivity index (χ3n) is 6.00. The first-order chi connectivity index (χ1) is 14.2. The van der Waals surface area contributed by atoms with Crippen LogP contribution in [0.4, 0.5) is 0 Å². The number of hydrogen-bond acceptors (Lipinski definition) is 5. The zero-order valence-electron chi connectivity index (χ0n) is 16.1. The van der Waals surface area contributed by atoms with E-state index in [2.05, 4.69) is 12.1 Å². The minimum absolute atomic E-state index is 0.0742. The second-order valence-electron chi connectivity index (χ2n) is 7.75. The van der Waals surface area contributed by atoms with E-state index in [9.17, 15) is 9.59 Å². The van der Waals surface area contributed by atoms with E-state index in [1.807, 2.05) is 17.0 Å². The van der Waals surface area contributed by atoms with E-state index in [1.165, 1.54) is 16.0 Å². The third-order valence-corrected chi connectivity index (χ3v) is 7.20. The molecule has 0 N–H and O–H groups in total. The number of carbonyl (C=O) groups excluding carboxylic acids is 2. The van der Waals surface area contributed by atoms with Gasteiger partial charge in [0, 0.05) is 25.6 Å². The summed E-state index contributed by atoms with van der Waals surface area (Å²) in [5.41, 5.74) is 1.06. The maximum Gasteiger partial charge on any atom is 0.290 e. The number of piperidine rings is 1. The highest BCUT2D eigenvalue weighted by molar-refractivity contribution is 7.18. The fourth-order valence-electron chi connectivity index (χ4n) is 4.43. The number of para-hydroxylation sites is 1. The van der Waals surface area contributed by atoms with Crippen LogP contribution >= 0.6 is 11.3 Å². The summed E-state index contributed by atoms with van der Waals surface area (Å²) < 4.78 is 6.47. The molecule has 2 saturated heterocycles. The number of thiazole rings is 1. The second-order valence-corrected chi connectivity index (χ2v) is 8.82. The van der Waals surface area contributed by atoms with Crippen molar-refractivity contribution >= 4 is 33.4 Å². The Labute approximate surface area is 173 Å². The molecule has 2 amide bonds. The van der Waals surface area contributed by atoms with E-state index in [4.69, 9.17) is 9.40 Å². The van der Waals surface area contributed by atoms with Crippen molar-refractivity contribution in [3.05, 3.63) is 53.4 Å². The van der Waals surface area contributed by atoms with Gasteiger partial charge in [0.25, 0.3) is 5.91 Å². The molecule has 150 valence electrons. The maximum atomic E-state index is 13.2. The first kappa shape index (κ1) is 18.4. The monoisotopic (exact) mass is 409 g/mol. The first-order valence-electron chi connectivity index (χ1n) is 10.2. The number of amides is 2. The molecule has 1 atom stereocenters. The Bertz CT molecular complexity index is 988. The fraction of sp³-hybridized carbons (Fsp3) is 0.409. The Hall–Kier alpha value is -2.67. The molecule has 4 heterocycles. The van der Waals surface area contributed by atoms with Crippen LogP contribution in [-0.4, -0.2) is 52.3 Å². The number of aromatic nitrogens is 1. The van der Waals surface area contributed by atoms with Gasteiger partial charge in [0.15, 0.2) is 5.76 Å². The van der Waals surface area contributed by atoms with Gasteiger partial charge in [-0.1, -0.05) is 12.1 Å². The molecule has 29 heavy (non-hydrogen) atoms. The topological polar surface area (TPSA) is 66.7 Å². The number of nitrogens with zero attached hydrogens (tertiary/aromatic N) is 3. The van der Waals surface area contributed by atoms with E-state index >= 15 is 0 Å². The average molecular weight is 410 g/mol. The van der Waals surface area contributed by atoms with Crippen molar-refractivity contribution < 1.29 is 14.0 Å². The normalized spacial score (nSPS) is 20.5. The largest absolute Gasteiger partial charge is 0.459 e. The summed E-state index contributed by atoms with van der Waals surface area (Å²) in [4.78, 5) is 34.3. The third kappa shape index (κ3) is 3.44. The molecular formula is C22H23N3O3S. The molecule has 2 aliphatic heterocycles. The molecule has 5 rings (SSSR count). The van der Waals surface area contributed by atoms with Crippen LogP contribution in [0.2, 0.25) is 0 Å². The van der Waals surface area contributed by atoms with Crippen molar-refractivity contribution in [2.75, 3.05) is 19.6 Å². The number of carbonyl (C=O) groups is 2.